The highest BCUT2D eigenvalue weighted by molar-refractivity contribution is 7.89. The number of hydrazine groups is 1. The molecular weight excluding hydrogens is 264 g/mol. The van der Waals surface area contributed by atoms with Crippen LogP contribution in [0.25, 0.3) is 0 Å². The summed E-state index contributed by atoms with van der Waals surface area (Å²) in [6.45, 7) is 6.22. The third kappa shape index (κ3) is 2.35. The van der Waals surface area contributed by atoms with Gasteiger partial charge in [0.25, 0.3) is 10.0 Å². The summed E-state index contributed by atoms with van der Waals surface area (Å²) in [5.74, 6) is 0.860. The first-order valence-corrected chi connectivity index (χ1v) is 7.69. The Morgan fingerprint density at radius 3 is 2.32 bits per heavy atom. The van der Waals surface area contributed by atoms with Crippen molar-refractivity contribution >= 4 is 10.0 Å². The molecule has 0 saturated heterocycles. The quantitative estimate of drug-likeness (QED) is 0.850. The van der Waals surface area contributed by atoms with Crippen molar-refractivity contribution in [1.29, 1.82) is 0 Å². The van der Waals surface area contributed by atoms with E-state index in [4.69, 9.17) is 4.74 Å². The molecule has 1 aromatic rings. The Morgan fingerprint density at radius 2 is 1.74 bits per heavy atom. The minimum Gasteiger partial charge on any atom is -0.493 e. The lowest BCUT2D eigenvalue weighted by Crippen LogP contribution is -2.37. The Kier molecular flexibility index (Phi) is 3.59. The second-order valence-corrected chi connectivity index (χ2v) is 6.70. The molecule has 0 saturated carbocycles. The second-order valence-electron chi connectivity index (χ2n) is 5.10. The summed E-state index contributed by atoms with van der Waals surface area (Å²) in [6, 6.07) is 0. The van der Waals surface area contributed by atoms with Crippen molar-refractivity contribution in [2.24, 2.45) is 0 Å². The number of sulfonamides is 1. The molecule has 0 radical (unpaired) electrons. The first-order valence-electron chi connectivity index (χ1n) is 6.21. The predicted octanol–water partition coefficient (Wildman–Crippen LogP) is 1.30. The van der Waals surface area contributed by atoms with E-state index < -0.39 is 10.0 Å². The van der Waals surface area contributed by atoms with Gasteiger partial charge in [0, 0.05) is 26.1 Å². The van der Waals surface area contributed by atoms with E-state index in [0.29, 0.717) is 11.5 Å². The average Bonchev–Trinajstić information content (AvgIpc) is 2.73. The molecule has 0 aromatic heterocycles. The van der Waals surface area contributed by atoms with Gasteiger partial charge in [-0.2, -0.15) is 0 Å². The Morgan fingerprint density at radius 1 is 1.11 bits per heavy atom. The highest BCUT2D eigenvalue weighted by Crippen LogP contribution is 2.38. The largest absolute Gasteiger partial charge is 0.493 e. The Labute approximate surface area is 114 Å². The molecular formula is C13H20N2O3S. The van der Waals surface area contributed by atoms with Crippen molar-refractivity contribution in [3.05, 3.63) is 22.3 Å². The molecule has 0 atom stereocenters. The predicted molar refractivity (Wildman–Crippen MR) is 73.9 cm³/mol. The topological polar surface area (TPSA) is 58.6 Å². The van der Waals surface area contributed by atoms with Crippen LogP contribution in [0.15, 0.2) is 4.90 Å². The van der Waals surface area contributed by atoms with E-state index in [9.17, 15) is 8.42 Å². The van der Waals surface area contributed by atoms with Crippen LogP contribution in [0.2, 0.25) is 0 Å². The van der Waals surface area contributed by atoms with E-state index in [1.807, 2.05) is 20.8 Å². The molecule has 2 rings (SSSR count). The molecule has 0 bridgehead atoms. The van der Waals surface area contributed by atoms with Crippen molar-refractivity contribution in [3.8, 4) is 5.75 Å². The van der Waals surface area contributed by atoms with Gasteiger partial charge in [-0.05, 0) is 37.5 Å². The smallest absolute Gasteiger partial charge is 0.253 e. The average molecular weight is 284 g/mol. The molecule has 1 N–H and O–H groups in total. The first-order chi connectivity index (χ1) is 8.75. The Hall–Kier alpha value is -1.11. The zero-order valence-electron chi connectivity index (χ0n) is 12.0. The fourth-order valence-corrected chi connectivity index (χ4v) is 4.25. The monoisotopic (exact) mass is 284 g/mol. The van der Waals surface area contributed by atoms with Crippen LogP contribution in [0.4, 0.5) is 0 Å². The normalized spacial score (nSPS) is 14.6. The van der Waals surface area contributed by atoms with Gasteiger partial charge in [0.15, 0.2) is 0 Å². The zero-order chi connectivity index (χ0) is 14.4. The first kappa shape index (κ1) is 14.3. The van der Waals surface area contributed by atoms with Crippen molar-refractivity contribution in [1.82, 2.24) is 9.84 Å². The van der Waals surface area contributed by atoms with Gasteiger partial charge < -0.3 is 4.74 Å². The third-order valence-corrected chi connectivity index (χ3v) is 5.24. The molecule has 6 heteroatoms. The number of ether oxygens (including phenoxy) is 1. The number of benzene rings is 1. The molecule has 1 aliphatic rings. The number of fused-ring (bicyclic) bond motifs is 1. The Balaban J connectivity index is 2.69. The lowest BCUT2D eigenvalue weighted by atomic mass is 9.98. The van der Waals surface area contributed by atoms with Crippen molar-refractivity contribution in [3.63, 3.8) is 0 Å². The van der Waals surface area contributed by atoms with Crippen LogP contribution in [-0.2, 0) is 16.4 Å². The maximum Gasteiger partial charge on any atom is 0.253 e. The summed E-state index contributed by atoms with van der Waals surface area (Å²) in [4.78, 5) is 2.88. The molecule has 0 fully saturated rings. The van der Waals surface area contributed by atoms with Gasteiger partial charge >= 0.3 is 0 Å². The summed E-state index contributed by atoms with van der Waals surface area (Å²) in [5, 5.41) is 1.44. The molecule has 0 amide bonds. The minimum atomic E-state index is -3.54. The second kappa shape index (κ2) is 4.77. The summed E-state index contributed by atoms with van der Waals surface area (Å²) in [7, 11) is -0.228. The van der Waals surface area contributed by atoms with Gasteiger partial charge in [0.1, 0.15) is 5.75 Å². The van der Waals surface area contributed by atoms with Crippen molar-refractivity contribution in [2.45, 2.75) is 32.1 Å². The summed E-state index contributed by atoms with van der Waals surface area (Å²) in [5.41, 5.74) is 3.48. The van der Waals surface area contributed by atoms with Crippen LogP contribution < -0.4 is 9.57 Å². The van der Waals surface area contributed by atoms with Crippen LogP contribution >= 0.6 is 0 Å². The van der Waals surface area contributed by atoms with Gasteiger partial charge in [-0.3, -0.25) is 0 Å². The lowest BCUT2D eigenvalue weighted by molar-refractivity contribution is 0.354. The molecule has 1 aromatic carbocycles. The molecule has 106 valence electrons. The molecule has 1 aliphatic heterocycles. The van der Waals surface area contributed by atoms with Crippen LogP contribution in [0.5, 0.6) is 5.75 Å². The molecule has 0 unspecified atom stereocenters. The molecule has 0 aliphatic carbocycles. The fraction of sp³-hybridized carbons (Fsp3) is 0.538. The summed E-state index contributed by atoms with van der Waals surface area (Å²) in [6.07, 6.45) is 0.771. The number of nitrogens with zero attached hydrogens (tertiary/aromatic N) is 1. The zero-order valence-corrected chi connectivity index (χ0v) is 12.8. The SMILES string of the molecule is Cc1c(C)c(S(=O)(=O)NN(C)C)c(C)c2c1OCC2. The number of nitrogens with one attached hydrogen (secondary N) is 1. The van der Waals surface area contributed by atoms with Crippen LogP contribution in [0.3, 0.4) is 0 Å². The van der Waals surface area contributed by atoms with Gasteiger partial charge in [0.2, 0.25) is 0 Å². The highest BCUT2D eigenvalue weighted by Gasteiger charge is 2.28. The van der Waals surface area contributed by atoms with E-state index in [1.54, 1.807) is 14.1 Å². The maximum atomic E-state index is 12.4. The van der Waals surface area contributed by atoms with E-state index in [1.165, 1.54) is 5.01 Å². The van der Waals surface area contributed by atoms with E-state index >= 15 is 0 Å². The molecule has 0 spiro atoms. The Bertz CT molecular complexity index is 622. The highest BCUT2D eigenvalue weighted by atomic mass is 32.2. The van der Waals surface area contributed by atoms with E-state index in [-0.39, 0.29) is 0 Å². The van der Waals surface area contributed by atoms with Crippen LogP contribution in [-0.4, -0.2) is 34.1 Å². The third-order valence-electron chi connectivity index (χ3n) is 3.48. The van der Waals surface area contributed by atoms with Crippen LogP contribution in [0.1, 0.15) is 22.3 Å². The maximum absolute atomic E-state index is 12.4. The van der Waals surface area contributed by atoms with Crippen molar-refractivity contribution in [2.75, 3.05) is 20.7 Å². The summed E-state index contributed by atoms with van der Waals surface area (Å²) < 4.78 is 30.5. The molecule has 1 heterocycles. The van der Waals surface area contributed by atoms with Crippen molar-refractivity contribution < 1.29 is 13.2 Å². The van der Waals surface area contributed by atoms with Crippen LogP contribution in [0, 0.1) is 20.8 Å². The number of rotatable bonds is 3. The van der Waals surface area contributed by atoms with Gasteiger partial charge in [-0.1, -0.05) is 0 Å². The number of hydrogen-bond donors (Lipinski definition) is 1. The minimum absolute atomic E-state index is 0.378. The standard InChI is InChI=1S/C13H20N2O3S/c1-8-9(2)13(19(16,17)14-15(4)5)10(3)11-6-7-18-12(8)11/h14H,6-7H2,1-5H3. The van der Waals surface area contributed by atoms with E-state index in [0.717, 1.165) is 34.4 Å². The fourth-order valence-electron chi connectivity index (χ4n) is 2.60. The van der Waals surface area contributed by atoms with Gasteiger partial charge in [0.05, 0.1) is 11.5 Å². The van der Waals surface area contributed by atoms with Gasteiger partial charge in [-0.15, -0.1) is 4.83 Å². The summed E-state index contributed by atoms with van der Waals surface area (Å²) >= 11 is 0. The number of hydrogen-bond acceptors (Lipinski definition) is 4. The van der Waals surface area contributed by atoms with Gasteiger partial charge in [-0.25, -0.2) is 13.4 Å². The molecule has 19 heavy (non-hydrogen) atoms. The van der Waals surface area contributed by atoms with E-state index in [2.05, 4.69) is 4.83 Å². The lowest BCUT2D eigenvalue weighted by Gasteiger charge is -2.19. The molecule has 5 nitrogen and oxygen atoms in total.